The van der Waals surface area contributed by atoms with Gasteiger partial charge >= 0.3 is 0 Å². The van der Waals surface area contributed by atoms with E-state index >= 15 is 0 Å². The van der Waals surface area contributed by atoms with Crippen LogP contribution in [0.25, 0.3) is 11.0 Å². The summed E-state index contributed by atoms with van der Waals surface area (Å²) in [7, 11) is -0.491. The lowest BCUT2D eigenvalue weighted by molar-refractivity contribution is -0.122. The number of carbonyl (C=O) groups excluding carboxylic acids is 2. The average Bonchev–Trinajstić information content (AvgIpc) is 3.40. The molecule has 2 aromatic carbocycles. The number of carbonyl (C=O) groups is 2. The van der Waals surface area contributed by atoms with Gasteiger partial charge in [-0.05, 0) is 69.6 Å². The molecular weight excluding hydrogens is 568 g/mol. The van der Waals surface area contributed by atoms with Crippen molar-refractivity contribution in [3.63, 3.8) is 0 Å². The van der Waals surface area contributed by atoms with Gasteiger partial charge in [-0.3, -0.25) is 9.59 Å². The molecule has 0 bridgehead atoms. The molecular formula is C32H46N4O6S. The Hall–Kier alpha value is -3.25. The van der Waals surface area contributed by atoms with Crippen LogP contribution in [0.1, 0.15) is 52.0 Å². The third-order valence-electron chi connectivity index (χ3n) is 7.09. The Balaban J connectivity index is 1.73. The zero-order valence-electron chi connectivity index (χ0n) is 25.9. The Bertz CT molecular complexity index is 1440. The van der Waals surface area contributed by atoms with Gasteiger partial charge in [-0.25, -0.2) is 8.42 Å². The highest BCUT2D eigenvalue weighted by molar-refractivity contribution is 7.89. The van der Waals surface area contributed by atoms with E-state index < -0.39 is 15.7 Å². The van der Waals surface area contributed by atoms with Gasteiger partial charge in [0.25, 0.3) is 0 Å². The van der Waals surface area contributed by atoms with Crippen molar-refractivity contribution in [1.82, 2.24) is 19.8 Å². The third kappa shape index (κ3) is 10.2. The summed E-state index contributed by atoms with van der Waals surface area (Å²) in [6, 6.07) is 15.5. The van der Waals surface area contributed by atoms with Gasteiger partial charge in [0.05, 0.1) is 17.7 Å². The number of fused-ring (bicyclic) bond motifs is 1. The van der Waals surface area contributed by atoms with Crippen molar-refractivity contribution < 1.29 is 27.5 Å². The van der Waals surface area contributed by atoms with Crippen LogP contribution >= 0.6 is 0 Å². The first-order valence-electron chi connectivity index (χ1n) is 14.8. The highest BCUT2D eigenvalue weighted by Crippen LogP contribution is 2.31. The summed E-state index contributed by atoms with van der Waals surface area (Å²) in [6.07, 6.45) is 3.02. The Morgan fingerprint density at radius 3 is 2.42 bits per heavy atom. The number of sulfonamides is 1. The van der Waals surface area contributed by atoms with Gasteiger partial charge in [0.15, 0.2) is 0 Å². The number of hydrogen-bond donors (Lipinski definition) is 3. The predicted octanol–water partition coefficient (Wildman–Crippen LogP) is 3.75. The second-order valence-corrected chi connectivity index (χ2v) is 13.8. The van der Waals surface area contributed by atoms with E-state index in [0.717, 1.165) is 5.56 Å². The van der Waals surface area contributed by atoms with Crippen LogP contribution in [-0.2, 0) is 26.0 Å². The van der Waals surface area contributed by atoms with Crippen LogP contribution in [0.3, 0.4) is 0 Å². The van der Waals surface area contributed by atoms with Gasteiger partial charge in [0, 0.05) is 43.8 Å². The smallest absolute Gasteiger partial charge is 0.245 e. The molecule has 11 heteroatoms. The lowest BCUT2D eigenvalue weighted by Gasteiger charge is -2.40. The highest BCUT2D eigenvalue weighted by Gasteiger charge is 2.43. The number of benzene rings is 2. The number of aliphatic hydroxyl groups is 1. The molecule has 0 radical (unpaired) electrons. The van der Waals surface area contributed by atoms with E-state index in [9.17, 15) is 23.1 Å². The summed E-state index contributed by atoms with van der Waals surface area (Å²) >= 11 is 0. The van der Waals surface area contributed by atoms with Crippen LogP contribution in [0.15, 0.2) is 70.2 Å². The fraction of sp³-hybridized carbons (Fsp3) is 0.500. The van der Waals surface area contributed by atoms with Gasteiger partial charge in [-0.1, -0.05) is 44.2 Å². The molecule has 0 saturated heterocycles. The maximum absolute atomic E-state index is 14.1. The summed E-state index contributed by atoms with van der Waals surface area (Å²) in [6.45, 7) is 6.18. The molecule has 1 heterocycles. The van der Waals surface area contributed by atoms with E-state index in [-0.39, 0.29) is 61.0 Å². The van der Waals surface area contributed by atoms with Crippen molar-refractivity contribution in [3.8, 4) is 0 Å². The van der Waals surface area contributed by atoms with E-state index in [0.29, 0.717) is 30.4 Å². The first-order valence-corrected chi connectivity index (χ1v) is 16.2. The number of rotatable bonds is 17. The van der Waals surface area contributed by atoms with E-state index in [1.807, 2.05) is 65.2 Å². The minimum atomic E-state index is -4.14. The number of nitrogens with zero attached hydrogens (tertiary/aromatic N) is 2. The van der Waals surface area contributed by atoms with E-state index in [2.05, 4.69) is 10.6 Å². The van der Waals surface area contributed by atoms with E-state index in [1.54, 1.807) is 23.1 Å². The van der Waals surface area contributed by atoms with Gasteiger partial charge in [-0.15, -0.1) is 0 Å². The van der Waals surface area contributed by atoms with Crippen molar-refractivity contribution in [2.45, 2.75) is 69.5 Å². The topological polar surface area (TPSA) is 132 Å². The molecule has 0 aliphatic heterocycles. The zero-order chi connectivity index (χ0) is 31.6. The summed E-state index contributed by atoms with van der Waals surface area (Å²) in [5, 5.41) is 18.6. The normalized spacial score (nSPS) is 14.3. The SMILES string of the molecule is CC(C)CN(C(O)(CCNC(=O)CCCC(C)NC(=O)CN(C)C)Cc1ccccc1)S(=O)(=O)c1ccc2occc2c1. The van der Waals surface area contributed by atoms with E-state index in [1.165, 1.54) is 16.6 Å². The largest absolute Gasteiger partial charge is 0.464 e. The van der Waals surface area contributed by atoms with Crippen molar-refractivity contribution in [2.24, 2.45) is 5.92 Å². The van der Waals surface area contributed by atoms with Gasteiger partial charge in [0.2, 0.25) is 21.8 Å². The Labute approximate surface area is 255 Å². The van der Waals surface area contributed by atoms with Crippen molar-refractivity contribution in [2.75, 3.05) is 33.7 Å². The monoisotopic (exact) mass is 614 g/mol. The first kappa shape index (κ1) is 34.2. The molecule has 3 N–H and O–H groups in total. The lowest BCUT2D eigenvalue weighted by Crippen LogP contribution is -2.55. The molecule has 2 unspecified atom stereocenters. The standard InChI is InChI=1S/C32H46N4O6S/c1-24(2)22-36(43(40,41)28-14-15-29-27(20-28)16-19-42-29)32(39,21-26-11-7-6-8-12-26)17-18-33-30(37)13-9-10-25(3)34-31(38)23-35(4)5/h6-8,11-12,14-16,19-20,24-25,39H,9-10,13,17-18,21-23H2,1-5H3,(H,33,37)(H,34,38). The van der Waals surface area contributed by atoms with Crippen LogP contribution in [0, 0.1) is 5.92 Å². The number of hydrogen-bond acceptors (Lipinski definition) is 7. The Kier molecular flexibility index (Phi) is 12.3. The van der Waals surface area contributed by atoms with Crippen LogP contribution in [0.4, 0.5) is 0 Å². The Morgan fingerprint density at radius 1 is 1.02 bits per heavy atom. The van der Waals surface area contributed by atoms with Crippen molar-refractivity contribution in [1.29, 1.82) is 0 Å². The summed E-state index contributed by atoms with van der Waals surface area (Å²) in [5.41, 5.74) is -0.466. The van der Waals surface area contributed by atoms with Crippen LogP contribution in [-0.4, -0.2) is 80.0 Å². The van der Waals surface area contributed by atoms with Crippen LogP contribution in [0.5, 0.6) is 0 Å². The average molecular weight is 615 g/mol. The molecule has 0 aliphatic rings. The van der Waals surface area contributed by atoms with Gasteiger partial charge in [0.1, 0.15) is 11.3 Å². The summed E-state index contributed by atoms with van der Waals surface area (Å²) in [4.78, 5) is 26.5. The van der Waals surface area contributed by atoms with Crippen LogP contribution in [0.2, 0.25) is 0 Å². The molecule has 0 aliphatic carbocycles. The van der Waals surface area contributed by atoms with Crippen molar-refractivity contribution in [3.05, 3.63) is 66.4 Å². The molecule has 236 valence electrons. The second-order valence-electron chi connectivity index (χ2n) is 11.9. The zero-order valence-corrected chi connectivity index (χ0v) is 26.7. The quantitative estimate of drug-likeness (QED) is 0.197. The maximum atomic E-state index is 14.1. The first-order chi connectivity index (χ1) is 20.3. The predicted molar refractivity (Wildman–Crippen MR) is 168 cm³/mol. The number of nitrogens with one attached hydrogen (secondary N) is 2. The molecule has 43 heavy (non-hydrogen) atoms. The lowest BCUT2D eigenvalue weighted by atomic mass is 9.98. The van der Waals surface area contributed by atoms with Crippen LogP contribution < -0.4 is 10.6 Å². The minimum absolute atomic E-state index is 0.00939. The molecule has 2 amide bonds. The highest BCUT2D eigenvalue weighted by atomic mass is 32.2. The molecule has 1 aromatic heterocycles. The number of amides is 2. The molecule has 0 saturated carbocycles. The fourth-order valence-electron chi connectivity index (χ4n) is 5.02. The number of likely N-dealkylation sites (N-methyl/N-ethyl adjacent to an activating group) is 1. The third-order valence-corrected chi connectivity index (χ3v) is 9.01. The molecule has 0 fully saturated rings. The van der Waals surface area contributed by atoms with Crippen molar-refractivity contribution >= 4 is 32.8 Å². The van der Waals surface area contributed by atoms with Gasteiger partial charge < -0.3 is 25.1 Å². The Morgan fingerprint density at radius 2 is 1.74 bits per heavy atom. The fourth-order valence-corrected chi connectivity index (χ4v) is 6.89. The summed E-state index contributed by atoms with van der Waals surface area (Å²) in [5.74, 6) is -0.340. The molecule has 3 rings (SSSR count). The second kappa shape index (κ2) is 15.5. The summed E-state index contributed by atoms with van der Waals surface area (Å²) < 4.78 is 34.8. The molecule has 10 nitrogen and oxygen atoms in total. The molecule has 3 aromatic rings. The maximum Gasteiger partial charge on any atom is 0.245 e. The minimum Gasteiger partial charge on any atom is -0.464 e. The number of furan rings is 1. The molecule has 0 spiro atoms. The van der Waals surface area contributed by atoms with E-state index in [4.69, 9.17) is 4.42 Å². The molecule has 2 atom stereocenters. The van der Waals surface area contributed by atoms with Gasteiger partial charge in [-0.2, -0.15) is 4.31 Å².